The molecule has 1 N–H and O–H groups in total. The molecule has 0 fully saturated rings. The van der Waals surface area contributed by atoms with Crippen molar-refractivity contribution in [3.05, 3.63) is 68.7 Å². The van der Waals surface area contributed by atoms with Gasteiger partial charge in [-0.3, -0.25) is 4.79 Å². The van der Waals surface area contributed by atoms with Crippen LogP contribution in [0.15, 0.2) is 40.9 Å². The van der Waals surface area contributed by atoms with Crippen LogP contribution in [0.1, 0.15) is 28.9 Å². The highest BCUT2D eigenvalue weighted by molar-refractivity contribution is 9.10. The summed E-state index contributed by atoms with van der Waals surface area (Å²) in [5, 5.41) is 2.56. The Bertz CT molecular complexity index is 693. The van der Waals surface area contributed by atoms with Crippen LogP contribution in [0.4, 0.5) is 8.78 Å². The van der Waals surface area contributed by atoms with Gasteiger partial charge in [-0.1, -0.05) is 45.7 Å². The molecule has 0 radical (unpaired) electrons. The number of carbonyl (C=O) groups excluding carboxylic acids is 1. The molecular weight excluding hydrogens is 364 g/mol. The van der Waals surface area contributed by atoms with Crippen molar-refractivity contribution in [3.63, 3.8) is 0 Å². The molecule has 0 aliphatic heterocycles. The molecular formula is C15H11BrClF2NO. The lowest BCUT2D eigenvalue weighted by Crippen LogP contribution is -2.27. The zero-order valence-electron chi connectivity index (χ0n) is 11.0. The summed E-state index contributed by atoms with van der Waals surface area (Å²) < 4.78 is 27.1. The van der Waals surface area contributed by atoms with Crippen molar-refractivity contribution in [3.8, 4) is 0 Å². The van der Waals surface area contributed by atoms with Gasteiger partial charge in [0.15, 0.2) is 11.6 Å². The maximum absolute atomic E-state index is 13.2. The highest BCUT2D eigenvalue weighted by Gasteiger charge is 2.18. The topological polar surface area (TPSA) is 29.1 Å². The van der Waals surface area contributed by atoms with Crippen LogP contribution in [-0.4, -0.2) is 5.91 Å². The Kier molecular flexibility index (Phi) is 4.96. The zero-order chi connectivity index (χ0) is 15.6. The van der Waals surface area contributed by atoms with Gasteiger partial charge in [-0.15, -0.1) is 0 Å². The standard InChI is InChI=1S/C15H11BrClF2NO/c1-8(9-4-2-3-5-11(9)16)20-15(21)10-6-13(18)14(19)7-12(10)17/h2-8H,1H3,(H,20,21). The molecule has 0 spiro atoms. The molecule has 6 heteroatoms. The number of hydrogen-bond acceptors (Lipinski definition) is 1. The maximum Gasteiger partial charge on any atom is 0.253 e. The first-order chi connectivity index (χ1) is 9.90. The third-order valence-electron chi connectivity index (χ3n) is 2.97. The first-order valence-electron chi connectivity index (χ1n) is 6.10. The molecule has 2 rings (SSSR count). The summed E-state index contributed by atoms with van der Waals surface area (Å²) >= 11 is 9.17. The van der Waals surface area contributed by atoms with E-state index in [0.29, 0.717) is 0 Å². The lowest BCUT2D eigenvalue weighted by Gasteiger charge is -2.16. The summed E-state index contributed by atoms with van der Waals surface area (Å²) in [5.74, 6) is -2.77. The number of hydrogen-bond donors (Lipinski definition) is 1. The van der Waals surface area contributed by atoms with Gasteiger partial charge in [-0.05, 0) is 30.7 Å². The molecule has 0 aliphatic carbocycles. The summed E-state index contributed by atoms with van der Waals surface area (Å²) in [5.41, 5.74) is 0.763. The molecule has 1 amide bonds. The van der Waals surface area contributed by atoms with Gasteiger partial charge in [0.25, 0.3) is 5.91 Å². The van der Waals surface area contributed by atoms with Crippen molar-refractivity contribution in [1.29, 1.82) is 0 Å². The molecule has 2 aromatic carbocycles. The quantitative estimate of drug-likeness (QED) is 0.763. The van der Waals surface area contributed by atoms with Crippen molar-refractivity contribution in [2.75, 3.05) is 0 Å². The van der Waals surface area contributed by atoms with Crippen molar-refractivity contribution in [2.45, 2.75) is 13.0 Å². The van der Waals surface area contributed by atoms with Crippen molar-refractivity contribution in [1.82, 2.24) is 5.32 Å². The second kappa shape index (κ2) is 6.54. The van der Waals surface area contributed by atoms with Gasteiger partial charge in [0.1, 0.15) is 0 Å². The van der Waals surface area contributed by atoms with Crippen LogP contribution in [-0.2, 0) is 0 Å². The normalized spacial score (nSPS) is 12.0. The van der Waals surface area contributed by atoms with E-state index in [-0.39, 0.29) is 16.6 Å². The van der Waals surface area contributed by atoms with Gasteiger partial charge in [-0.25, -0.2) is 8.78 Å². The average Bonchev–Trinajstić information content (AvgIpc) is 2.43. The summed E-state index contributed by atoms with van der Waals surface area (Å²) in [7, 11) is 0. The summed E-state index contributed by atoms with van der Waals surface area (Å²) in [6.45, 7) is 1.78. The molecule has 0 aromatic heterocycles. The van der Waals surface area contributed by atoms with Gasteiger partial charge in [0, 0.05) is 4.47 Å². The third-order valence-corrected chi connectivity index (χ3v) is 4.01. The Labute approximate surface area is 134 Å². The van der Waals surface area contributed by atoms with E-state index in [1.165, 1.54) is 0 Å². The van der Waals surface area contributed by atoms with E-state index in [9.17, 15) is 13.6 Å². The lowest BCUT2D eigenvalue weighted by atomic mass is 10.1. The monoisotopic (exact) mass is 373 g/mol. The number of carbonyl (C=O) groups is 1. The van der Waals surface area contributed by atoms with Crippen LogP contribution in [0.25, 0.3) is 0 Å². The number of benzene rings is 2. The SMILES string of the molecule is CC(NC(=O)c1cc(F)c(F)cc1Cl)c1ccccc1Br. The van der Waals surface area contributed by atoms with Gasteiger partial charge >= 0.3 is 0 Å². The minimum absolute atomic E-state index is 0.102. The molecule has 0 aliphatic rings. The second-order valence-electron chi connectivity index (χ2n) is 4.46. The van der Waals surface area contributed by atoms with Crippen molar-refractivity contribution < 1.29 is 13.6 Å². The van der Waals surface area contributed by atoms with E-state index >= 15 is 0 Å². The highest BCUT2D eigenvalue weighted by Crippen LogP contribution is 2.24. The fraction of sp³-hybridized carbons (Fsp3) is 0.133. The Morgan fingerprint density at radius 1 is 1.24 bits per heavy atom. The summed E-state index contributed by atoms with van der Waals surface area (Å²) in [4.78, 5) is 12.1. The highest BCUT2D eigenvalue weighted by atomic mass is 79.9. The first kappa shape index (κ1) is 15.9. The minimum Gasteiger partial charge on any atom is -0.345 e. The Balaban J connectivity index is 2.22. The van der Waals surface area contributed by atoms with Gasteiger partial charge < -0.3 is 5.32 Å². The van der Waals surface area contributed by atoms with E-state index in [1.807, 2.05) is 24.3 Å². The largest absolute Gasteiger partial charge is 0.345 e. The fourth-order valence-electron chi connectivity index (χ4n) is 1.87. The van der Waals surface area contributed by atoms with Crippen LogP contribution >= 0.6 is 27.5 Å². The molecule has 0 saturated carbocycles. The molecule has 1 unspecified atom stereocenters. The molecule has 0 heterocycles. The number of halogens is 4. The maximum atomic E-state index is 13.2. The molecule has 0 saturated heterocycles. The number of amides is 1. The van der Waals surface area contributed by atoms with Crippen LogP contribution in [0.5, 0.6) is 0 Å². The molecule has 1 atom stereocenters. The lowest BCUT2D eigenvalue weighted by molar-refractivity contribution is 0.0939. The molecule has 2 nitrogen and oxygen atoms in total. The first-order valence-corrected chi connectivity index (χ1v) is 7.27. The van der Waals surface area contributed by atoms with Crippen molar-refractivity contribution >= 4 is 33.4 Å². The van der Waals surface area contributed by atoms with Crippen LogP contribution in [0.3, 0.4) is 0 Å². The van der Waals surface area contributed by atoms with E-state index in [4.69, 9.17) is 11.6 Å². The van der Waals surface area contributed by atoms with Gasteiger partial charge in [0.05, 0.1) is 16.6 Å². The van der Waals surface area contributed by atoms with Crippen molar-refractivity contribution in [2.24, 2.45) is 0 Å². The molecule has 2 aromatic rings. The van der Waals surface area contributed by atoms with Crippen LogP contribution in [0, 0.1) is 11.6 Å². The third kappa shape index (κ3) is 3.60. The summed E-state index contributed by atoms with van der Waals surface area (Å²) in [6, 6.07) is 8.65. The number of rotatable bonds is 3. The van der Waals surface area contributed by atoms with Crippen LogP contribution in [0.2, 0.25) is 5.02 Å². The second-order valence-corrected chi connectivity index (χ2v) is 5.72. The Morgan fingerprint density at radius 2 is 1.86 bits per heavy atom. The Hall–Kier alpha value is -1.46. The average molecular weight is 375 g/mol. The predicted molar refractivity (Wildman–Crippen MR) is 81.4 cm³/mol. The van der Waals surface area contributed by atoms with E-state index in [1.54, 1.807) is 6.92 Å². The van der Waals surface area contributed by atoms with Gasteiger partial charge in [0.2, 0.25) is 0 Å². The van der Waals surface area contributed by atoms with E-state index in [2.05, 4.69) is 21.2 Å². The Morgan fingerprint density at radius 3 is 2.52 bits per heavy atom. The van der Waals surface area contributed by atoms with Crippen LogP contribution < -0.4 is 5.32 Å². The fourth-order valence-corrected chi connectivity index (χ4v) is 2.74. The predicted octanol–water partition coefficient (Wildman–Crippen LogP) is 4.87. The number of nitrogens with one attached hydrogen (secondary N) is 1. The zero-order valence-corrected chi connectivity index (χ0v) is 13.3. The summed E-state index contributed by atoms with van der Waals surface area (Å²) in [6.07, 6.45) is 0. The van der Waals surface area contributed by atoms with E-state index in [0.717, 1.165) is 22.2 Å². The van der Waals surface area contributed by atoms with Gasteiger partial charge in [-0.2, -0.15) is 0 Å². The minimum atomic E-state index is -1.11. The van der Waals surface area contributed by atoms with E-state index < -0.39 is 17.5 Å². The molecule has 0 bridgehead atoms. The smallest absolute Gasteiger partial charge is 0.253 e. The molecule has 110 valence electrons. The molecule has 21 heavy (non-hydrogen) atoms.